The van der Waals surface area contributed by atoms with E-state index < -0.39 is 11.7 Å². The summed E-state index contributed by atoms with van der Waals surface area (Å²) < 4.78 is 13.0. The Bertz CT molecular complexity index is 507. The van der Waals surface area contributed by atoms with Gasteiger partial charge in [0.25, 0.3) is 5.91 Å². The summed E-state index contributed by atoms with van der Waals surface area (Å²) in [6.07, 6.45) is 0.778. The maximum Gasteiger partial charge on any atom is 0.251 e. The Morgan fingerprint density at radius 1 is 1.45 bits per heavy atom. The number of carbonyl (C=O) groups excluding carboxylic acids is 2. The van der Waals surface area contributed by atoms with Crippen molar-refractivity contribution < 1.29 is 19.1 Å². The van der Waals surface area contributed by atoms with Crippen LogP contribution in [-0.4, -0.2) is 48.1 Å². The van der Waals surface area contributed by atoms with E-state index >= 15 is 0 Å². The zero-order valence-corrected chi connectivity index (χ0v) is 11.0. The van der Waals surface area contributed by atoms with Gasteiger partial charge in [-0.2, -0.15) is 0 Å². The van der Waals surface area contributed by atoms with Crippen LogP contribution in [0.25, 0.3) is 0 Å². The SMILES string of the molecule is O=C(NCC(=O)N1CCC(CO)C1)c1cccc(F)c1. The van der Waals surface area contributed by atoms with E-state index in [0.29, 0.717) is 13.1 Å². The van der Waals surface area contributed by atoms with Crippen LogP contribution in [0.3, 0.4) is 0 Å². The van der Waals surface area contributed by atoms with E-state index in [-0.39, 0.29) is 30.5 Å². The fourth-order valence-electron chi connectivity index (χ4n) is 2.21. The van der Waals surface area contributed by atoms with Crippen molar-refractivity contribution in [2.24, 2.45) is 5.92 Å². The molecule has 20 heavy (non-hydrogen) atoms. The number of amides is 2. The van der Waals surface area contributed by atoms with Gasteiger partial charge in [-0.1, -0.05) is 6.07 Å². The molecule has 1 aromatic rings. The second kappa shape index (κ2) is 6.47. The molecule has 5 nitrogen and oxygen atoms in total. The van der Waals surface area contributed by atoms with E-state index in [1.165, 1.54) is 18.2 Å². The highest BCUT2D eigenvalue weighted by atomic mass is 19.1. The molecule has 1 fully saturated rings. The van der Waals surface area contributed by atoms with Crippen LogP contribution in [0, 0.1) is 11.7 Å². The maximum absolute atomic E-state index is 13.0. The van der Waals surface area contributed by atoms with Crippen LogP contribution in [0.1, 0.15) is 16.8 Å². The molecule has 0 radical (unpaired) electrons. The summed E-state index contributed by atoms with van der Waals surface area (Å²) in [5, 5.41) is 11.5. The van der Waals surface area contributed by atoms with Gasteiger partial charge in [0.05, 0.1) is 6.54 Å². The second-order valence-corrected chi connectivity index (χ2v) is 4.87. The number of hydrogen-bond donors (Lipinski definition) is 2. The van der Waals surface area contributed by atoms with Crippen LogP contribution >= 0.6 is 0 Å². The maximum atomic E-state index is 13.0. The molecule has 1 heterocycles. The topological polar surface area (TPSA) is 69.6 Å². The largest absolute Gasteiger partial charge is 0.396 e. The fraction of sp³-hybridized carbons (Fsp3) is 0.429. The van der Waals surface area contributed by atoms with Gasteiger partial charge in [-0.05, 0) is 24.6 Å². The number of nitrogens with zero attached hydrogens (tertiary/aromatic N) is 1. The standard InChI is InChI=1S/C14H17FN2O3/c15-12-3-1-2-11(6-12)14(20)16-7-13(19)17-5-4-10(8-17)9-18/h1-3,6,10,18H,4-5,7-9H2,(H,16,20). The van der Waals surface area contributed by atoms with E-state index in [4.69, 9.17) is 5.11 Å². The van der Waals surface area contributed by atoms with Crippen LogP contribution in [0.2, 0.25) is 0 Å². The summed E-state index contributed by atoms with van der Waals surface area (Å²) in [7, 11) is 0. The van der Waals surface area contributed by atoms with Gasteiger partial charge in [0.1, 0.15) is 5.82 Å². The molecule has 1 aliphatic heterocycles. The highest BCUT2D eigenvalue weighted by molar-refractivity contribution is 5.96. The summed E-state index contributed by atoms with van der Waals surface area (Å²) >= 11 is 0. The van der Waals surface area contributed by atoms with Gasteiger partial charge >= 0.3 is 0 Å². The Labute approximate surface area is 116 Å². The Hall–Kier alpha value is -1.95. The molecule has 0 bridgehead atoms. The minimum absolute atomic E-state index is 0.0689. The van der Waals surface area contributed by atoms with Crippen molar-refractivity contribution in [1.82, 2.24) is 10.2 Å². The van der Waals surface area contributed by atoms with Crippen LogP contribution in [0.15, 0.2) is 24.3 Å². The third-order valence-corrected chi connectivity index (χ3v) is 3.38. The molecule has 0 aromatic heterocycles. The number of carbonyl (C=O) groups is 2. The van der Waals surface area contributed by atoms with E-state index in [1.54, 1.807) is 4.90 Å². The smallest absolute Gasteiger partial charge is 0.251 e. The van der Waals surface area contributed by atoms with Crippen molar-refractivity contribution in [3.05, 3.63) is 35.6 Å². The summed E-state index contributed by atoms with van der Waals surface area (Å²) in [6, 6.07) is 5.30. The molecule has 0 spiro atoms. The monoisotopic (exact) mass is 280 g/mol. The summed E-state index contributed by atoms with van der Waals surface area (Å²) in [5.41, 5.74) is 0.187. The van der Waals surface area contributed by atoms with Crippen LogP contribution < -0.4 is 5.32 Å². The summed E-state index contributed by atoms with van der Waals surface area (Å²) in [5.74, 6) is -1.03. The number of aliphatic hydroxyl groups excluding tert-OH is 1. The molecule has 2 amide bonds. The molecule has 0 aliphatic carbocycles. The van der Waals surface area contributed by atoms with Crippen LogP contribution in [0.4, 0.5) is 4.39 Å². The molecule has 1 aliphatic rings. The number of rotatable bonds is 4. The molecular formula is C14H17FN2O3. The lowest BCUT2D eigenvalue weighted by atomic mass is 10.1. The van der Waals surface area contributed by atoms with Gasteiger partial charge in [-0.15, -0.1) is 0 Å². The lowest BCUT2D eigenvalue weighted by Gasteiger charge is -2.16. The van der Waals surface area contributed by atoms with Gasteiger partial charge < -0.3 is 15.3 Å². The Morgan fingerprint density at radius 3 is 2.90 bits per heavy atom. The molecule has 2 N–H and O–H groups in total. The molecule has 108 valence electrons. The average Bonchev–Trinajstić information content (AvgIpc) is 2.93. The van der Waals surface area contributed by atoms with Gasteiger partial charge in [0.15, 0.2) is 0 Å². The van der Waals surface area contributed by atoms with Gasteiger partial charge in [0.2, 0.25) is 5.91 Å². The number of likely N-dealkylation sites (tertiary alicyclic amines) is 1. The number of nitrogens with one attached hydrogen (secondary N) is 1. The van der Waals surface area contributed by atoms with Crippen molar-refractivity contribution in [2.75, 3.05) is 26.2 Å². The predicted molar refractivity (Wildman–Crippen MR) is 70.5 cm³/mol. The third kappa shape index (κ3) is 3.54. The van der Waals surface area contributed by atoms with E-state index in [9.17, 15) is 14.0 Å². The van der Waals surface area contributed by atoms with Crippen molar-refractivity contribution in [2.45, 2.75) is 6.42 Å². The van der Waals surface area contributed by atoms with Crippen LogP contribution in [0.5, 0.6) is 0 Å². The van der Waals surface area contributed by atoms with Crippen molar-refractivity contribution in [3.63, 3.8) is 0 Å². The molecule has 1 saturated heterocycles. The fourth-order valence-corrected chi connectivity index (χ4v) is 2.21. The highest BCUT2D eigenvalue weighted by Gasteiger charge is 2.25. The van der Waals surface area contributed by atoms with Crippen molar-refractivity contribution >= 4 is 11.8 Å². The van der Waals surface area contributed by atoms with E-state index in [0.717, 1.165) is 12.5 Å². The molecular weight excluding hydrogens is 263 g/mol. The lowest BCUT2D eigenvalue weighted by molar-refractivity contribution is -0.129. The number of halogens is 1. The Morgan fingerprint density at radius 2 is 2.25 bits per heavy atom. The number of aliphatic hydroxyl groups is 1. The zero-order chi connectivity index (χ0) is 14.5. The average molecular weight is 280 g/mol. The molecule has 1 atom stereocenters. The first-order valence-corrected chi connectivity index (χ1v) is 6.52. The number of benzene rings is 1. The lowest BCUT2D eigenvalue weighted by Crippen LogP contribution is -2.39. The van der Waals surface area contributed by atoms with Crippen molar-refractivity contribution in [3.8, 4) is 0 Å². The molecule has 1 unspecified atom stereocenters. The molecule has 2 rings (SSSR count). The zero-order valence-electron chi connectivity index (χ0n) is 11.0. The van der Waals surface area contributed by atoms with E-state index in [2.05, 4.69) is 5.32 Å². The Balaban J connectivity index is 1.83. The Kier molecular flexibility index (Phi) is 4.68. The van der Waals surface area contributed by atoms with Gasteiger partial charge in [-0.25, -0.2) is 4.39 Å². The predicted octanol–water partition coefficient (Wildman–Crippen LogP) is 0.396. The van der Waals surface area contributed by atoms with E-state index in [1.807, 2.05) is 0 Å². The van der Waals surface area contributed by atoms with Crippen molar-refractivity contribution in [1.29, 1.82) is 0 Å². The van der Waals surface area contributed by atoms with Gasteiger partial charge in [0, 0.05) is 31.2 Å². The third-order valence-electron chi connectivity index (χ3n) is 3.38. The normalized spacial score (nSPS) is 18.1. The minimum atomic E-state index is -0.491. The van der Waals surface area contributed by atoms with Crippen LogP contribution in [-0.2, 0) is 4.79 Å². The first-order valence-electron chi connectivity index (χ1n) is 6.52. The highest BCUT2D eigenvalue weighted by Crippen LogP contribution is 2.15. The summed E-state index contributed by atoms with van der Waals surface area (Å²) in [4.78, 5) is 25.2. The number of hydrogen-bond acceptors (Lipinski definition) is 3. The molecule has 1 aromatic carbocycles. The first-order chi connectivity index (χ1) is 9.60. The minimum Gasteiger partial charge on any atom is -0.396 e. The quantitative estimate of drug-likeness (QED) is 0.838. The second-order valence-electron chi connectivity index (χ2n) is 4.87. The molecule has 0 saturated carbocycles. The first kappa shape index (κ1) is 14.5. The molecule has 6 heteroatoms. The van der Waals surface area contributed by atoms with Gasteiger partial charge in [-0.3, -0.25) is 9.59 Å². The summed E-state index contributed by atoms with van der Waals surface area (Å²) in [6.45, 7) is 1.07.